The van der Waals surface area contributed by atoms with Gasteiger partial charge in [-0.15, -0.1) is 0 Å². The molecule has 1 fully saturated rings. The van der Waals surface area contributed by atoms with E-state index in [1.165, 1.54) is 5.56 Å². The zero-order valence-electron chi connectivity index (χ0n) is 14.2. The molecule has 6 nitrogen and oxygen atoms in total. The van der Waals surface area contributed by atoms with E-state index in [4.69, 9.17) is 0 Å². The van der Waals surface area contributed by atoms with Crippen molar-refractivity contribution >= 4 is 11.8 Å². The summed E-state index contributed by atoms with van der Waals surface area (Å²) in [6.45, 7) is 2.13. The van der Waals surface area contributed by atoms with Crippen molar-refractivity contribution in [1.82, 2.24) is 20.4 Å². The van der Waals surface area contributed by atoms with Crippen molar-refractivity contribution in [3.05, 3.63) is 41.1 Å². The molecule has 0 saturated carbocycles. The Hall–Kier alpha value is -2.63. The highest BCUT2D eigenvalue weighted by Gasteiger charge is 2.25. The molecule has 0 bridgehead atoms. The van der Waals surface area contributed by atoms with Gasteiger partial charge >= 0.3 is 0 Å². The molecule has 25 heavy (non-hydrogen) atoms. The van der Waals surface area contributed by atoms with Crippen LogP contribution in [0.2, 0.25) is 0 Å². The summed E-state index contributed by atoms with van der Waals surface area (Å²) in [5.74, 6) is 0.119. The summed E-state index contributed by atoms with van der Waals surface area (Å²) >= 11 is 0. The quantitative estimate of drug-likeness (QED) is 0.818. The predicted molar refractivity (Wildman–Crippen MR) is 94.2 cm³/mol. The van der Waals surface area contributed by atoms with Gasteiger partial charge in [-0.2, -0.15) is 5.10 Å². The second kappa shape index (κ2) is 6.70. The maximum Gasteiger partial charge on any atom is 0.269 e. The standard InChI is InChI=1S/C19H22N4O2/c24-16-7-3-11-23(16)12-4-10-20-19(25)18-15-9-8-13-5-1-2-6-14(13)17(15)21-22-18/h1-2,5-6H,3-4,7-12H2,(H,20,25)(H,21,22). The van der Waals surface area contributed by atoms with Gasteiger partial charge in [-0.25, -0.2) is 0 Å². The van der Waals surface area contributed by atoms with Gasteiger partial charge in [0, 0.05) is 37.2 Å². The van der Waals surface area contributed by atoms with Gasteiger partial charge in [0.15, 0.2) is 0 Å². The molecular formula is C19H22N4O2. The Morgan fingerprint density at radius 3 is 2.96 bits per heavy atom. The predicted octanol–water partition coefficient (Wildman–Crippen LogP) is 1.92. The van der Waals surface area contributed by atoms with Crippen LogP contribution < -0.4 is 5.32 Å². The highest BCUT2D eigenvalue weighted by atomic mass is 16.2. The summed E-state index contributed by atoms with van der Waals surface area (Å²) < 4.78 is 0. The monoisotopic (exact) mass is 338 g/mol. The van der Waals surface area contributed by atoms with E-state index in [0.29, 0.717) is 25.2 Å². The molecular weight excluding hydrogens is 316 g/mol. The number of aromatic nitrogens is 2. The van der Waals surface area contributed by atoms with Gasteiger partial charge in [0.05, 0.1) is 5.69 Å². The van der Waals surface area contributed by atoms with Crippen molar-refractivity contribution in [2.45, 2.75) is 32.1 Å². The summed E-state index contributed by atoms with van der Waals surface area (Å²) in [5.41, 5.74) is 4.87. The molecule has 0 unspecified atom stereocenters. The number of carbonyl (C=O) groups is 2. The van der Waals surface area contributed by atoms with E-state index < -0.39 is 0 Å². The average molecular weight is 338 g/mol. The van der Waals surface area contributed by atoms with Crippen molar-refractivity contribution in [2.75, 3.05) is 19.6 Å². The third kappa shape index (κ3) is 3.04. The summed E-state index contributed by atoms with van der Waals surface area (Å²) in [7, 11) is 0. The van der Waals surface area contributed by atoms with Crippen molar-refractivity contribution in [3.63, 3.8) is 0 Å². The van der Waals surface area contributed by atoms with Gasteiger partial charge in [-0.05, 0) is 31.2 Å². The lowest BCUT2D eigenvalue weighted by molar-refractivity contribution is -0.127. The number of aryl methyl sites for hydroxylation is 1. The van der Waals surface area contributed by atoms with Crippen LogP contribution in [0.4, 0.5) is 0 Å². The minimum atomic E-state index is -0.110. The van der Waals surface area contributed by atoms with Crippen LogP contribution in [-0.2, 0) is 17.6 Å². The first kappa shape index (κ1) is 15.9. The van der Waals surface area contributed by atoms with Crippen LogP contribution in [0.5, 0.6) is 0 Å². The lowest BCUT2D eigenvalue weighted by Gasteiger charge is -2.16. The number of fused-ring (bicyclic) bond motifs is 3. The van der Waals surface area contributed by atoms with E-state index in [2.05, 4.69) is 27.6 Å². The number of nitrogens with zero attached hydrogens (tertiary/aromatic N) is 2. The number of benzene rings is 1. The second-order valence-corrected chi connectivity index (χ2v) is 6.68. The van der Waals surface area contributed by atoms with E-state index in [9.17, 15) is 9.59 Å². The van der Waals surface area contributed by atoms with Crippen LogP contribution >= 0.6 is 0 Å². The third-order valence-electron chi connectivity index (χ3n) is 5.07. The molecule has 0 radical (unpaired) electrons. The third-order valence-corrected chi connectivity index (χ3v) is 5.07. The molecule has 2 aliphatic rings. The summed E-state index contributed by atoms with van der Waals surface area (Å²) in [4.78, 5) is 25.9. The van der Waals surface area contributed by atoms with Crippen LogP contribution in [0.1, 0.15) is 40.9 Å². The van der Waals surface area contributed by atoms with Crippen LogP contribution in [0.25, 0.3) is 11.3 Å². The normalized spacial score (nSPS) is 15.8. The van der Waals surface area contributed by atoms with Gasteiger partial charge in [0.2, 0.25) is 5.91 Å². The van der Waals surface area contributed by atoms with Gasteiger partial charge in [0.1, 0.15) is 5.69 Å². The van der Waals surface area contributed by atoms with Gasteiger partial charge in [-0.1, -0.05) is 24.3 Å². The Bertz CT molecular complexity index is 812. The molecule has 0 spiro atoms. The summed E-state index contributed by atoms with van der Waals surface area (Å²) in [6.07, 6.45) is 4.14. The first-order valence-electron chi connectivity index (χ1n) is 8.95. The minimum Gasteiger partial charge on any atom is -0.351 e. The number of aromatic amines is 1. The molecule has 2 amide bonds. The van der Waals surface area contributed by atoms with Crippen LogP contribution in [-0.4, -0.2) is 46.5 Å². The SMILES string of the molecule is O=C(NCCCN1CCCC1=O)c1[nH]nc2c1CCc1ccccc1-2. The van der Waals surface area contributed by atoms with Crippen molar-refractivity contribution in [2.24, 2.45) is 0 Å². The Morgan fingerprint density at radius 2 is 2.12 bits per heavy atom. The topological polar surface area (TPSA) is 78.1 Å². The van der Waals surface area contributed by atoms with E-state index >= 15 is 0 Å². The van der Waals surface area contributed by atoms with Crippen LogP contribution in [0, 0.1) is 0 Å². The fraction of sp³-hybridized carbons (Fsp3) is 0.421. The Kier molecular flexibility index (Phi) is 4.26. The maximum atomic E-state index is 12.5. The molecule has 130 valence electrons. The summed E-state index contributed by atoms with van der Waals surface area (Å²) in [5, 5.41) is 10.3. The largest absolute Gasteiger partial charge is 0.351 e. The van der Waals surface area contributed by atoms with Gasteiger partial charge in [0.25, 0.3) is 5.91 Å². The highest BCUT2D eigenvalue weighted by molar-refractivity contribution is 5.96. The molecule has 2 aromatic rings. The molecule has 0 atom stereocenters. The first-order valence-corrected chi connectivity index (χ1v) is 8.95. The number of amides is 2. The molecule has 1 aliphatic carbocycles. The fourth-order valence-electron chi connectivity index (χ4n) is 3.75. The van der Waals surface area contributed by atoms with Crippen molar-refractivity contribution in [3.8, 4) is 11.3 Å². The van der Waals surface area contributed by atoms with Crippen molar-refractivity contribution in [1.29, 1.82) is 0 Å². The number of hydrogen-bond acceptors (Lipinski definition) is 3. The molecule has 1 aromatic heterocycles. The zero-order valence-corrected chi connectivity index (χ0v) is 14.2. The van der Waals surface area contributed by atoms with E-state index in [1.54, 1.807) is 0 Å². The second-order valence-electron chi connectivity index (χ2n) is 6.68. The minimum absolute atomic E-state index is 0.110. The Labute approximate surface area is 146 Å². The summed E-state index contributed by atoms with van der Waals surface area (Å²) in [6, 6.07) is 8.21. The van der Waals surface area contributed by atoms with Gasteiger partial charge in [-0.3, -0.25) is 14.7 Å². The first-order chi connectivity index (χ1) is 12.2. The smallest absolute Gasteiger partial charge is 0.269 e. The molecule has 2 heterocycles. The lowest BCUT2D eigenvalue weighted by Crippen LogP contribution is -2.31. The van der Waals surface area contributed by atoms with Gasteiger partial charge < -0.3 is 10.2 Å². The van der Waals surface area contributed by atoms with E-state index in [1.807, 2.05) is 17.0 Å². The number of rotatable bonds is 5. The lowest BCUT2D eigenvalue weighted by atomic mass is 9.89. The Balaban J connectivity index is 1.37. The molecule has 1 aromatic carbocycles. The number of likely N-dealkylation sites (tertiary alicyclic amines) is 1. The maximum absolute atomic E-state index is 12.5. The molecule has 2 N–H and O–H groups in total. The number of H-pyrrole nitrogens is 1. The number of hydrogen-bond donors (Lipinski definition) is 2. The van der Waals surface area contributed by atoms with E-state index in [-0.39, 0.29) is 11.8 Å². The van der Waals surface area contributed by atoms with Crippen molar-refractivity contribution < 1.29 is 9.59 Å². The number of nitrogens with one attached hydrogen (secondary N) is 2. The Morgan fingerprint density at radius 1 is 1.24 bits per heavy atom. The van der Waals surface area contributed by atoms with Crippen LogP contribution in [0.3, 0.4) is 0 Å². The number of carbonyl (C=O) groups excluding carboxylic acids is 2. The zero-order chi connectivity index (χ0) is 17.2. The molecule has 4 rings (SSSR count). The van der Waals surface area contributed by atoms with Crippen LogP contribution in [0.15, 0.2) is 24.3 Å². The van der Waals surface area contributed by atoms with E-state index in [0.717, 1.165) is 49.0 Å². The molecule has 6 heteroatoms. The average Bonchev–Trinajstić information content (AvgIpc) is 3.25. The molecule has 1 aliphatic heterocycles. The fourth-order valence-corrected chi connectivity index (χ4v) is 3.75. The highest BCUT2D eigenvalue weighted by Crippen LogP contribution is 2.33. The molecule has 1 saturated heterocycles.